The fraction of sp³-hybridized carbons (Fsp3) is 0.200. The average molecular weight is 314 g/mol. The topological polar surface area (TPSA) is 30.2 Å². The lowest BCUT2D eigenvalue weighted by Gasteiger charge is -1.86. The third-order valence-electron chi connectivity index (χ3n) is 2.21. The van der Waals surface area contributed by atoms with Gasteiger partial charge in [-0.25, -0.2) is 9.50 Å². The van der Waals surface area contributed by atoms with Crippen LogP contribution in [0.5, 0.6) is 0 Å². The third-order valence-corrected chi connectivity index (χ3v) is 4.93. The van der Waals surface area contributed by atoms with Crippen molar-refractivity contribution in [1.29, 1.82) is 0 Å². The summed E-state index contributed by atoms with van der Waals surface area (Å²) in [5, 5.41) is 5.58. The Morgan fingerprint density at radius 3 is 2.88 bits per heavy atom. The summed E-state index contributed by atoms with van der Waals surface area (Å²) in [6.07, 6.45) is 2.96. The molecule has 3 nitrogen and oxygen atoms in total. The van der Waals surface area contributed by atoms with Crippen LogP contribution < -0.4 is 0 Å². The predicted octanol–water partition coefficient (Wildman–Crippen LogP) is 3.84. The average Bonchev–Trinajstić information content (AvgIpc) is 2.89. The van der Waals surface area contributed by atoms with Crippen LogP contribution in [0.2, 0.25) is 0 Å². The molecule has 3 rings (SSSR count). The van der Waals surface area contributed by atoms with E-state index in [1.807, 2.05) is 16.8 Å². The molecule has 0 unspecified atom stereocenters. The van der Waals surface area contributed by atoms with Crippen molar-refractivity contribution in [2.45, 2.75) is 13.3 Å². The zero-order chi connectivity index (χ0) is 11.1. The molecule has 0 bridgehead atoms. The van der Waals surface area contributed by atoms with E-state index in [-0.39, 0.29) is 0 Å². The van der Waals surface area contributed by atoms with Gasteiger partial charge in [0.15, 0.2) is 0 Å². The van der Waals surface area contributed by atoms with E-state index in [2.05, 4.69) is 39.0 Å². The molecule has 6 heteroatoms. The summed E-state index contributed by atoms with van der Waals surface area (Å²) >= 11 is 6.80. The molecular formula is C10H8BrN3S2. The van der Waals surface area contributed by atoms with Gasteiger partial charge in [-0.3, -0.25) is 0 Å². The van der Waals surface area contributed by atoms with Gasteiger partial charge in [0.1, 0.15) is 10.7 Å². The van der Waals surface area contributed by atoms with Crippen LogP contribution in [-0.4, -0.2) is 14.6 Å². The van der Waals surface area contributed by atoms with Gasteiger partial charge in [-0.1, -0.05) is 18.3 Å². The van der Waals surface area contributed by atoms with Gasteiger partial charge >= 0.3 is 0 Å². The van der Waals surface area contributed by atoms with Gasteiger partial charge in [-0.05, 0) is 34.5 Å². The van der Waals surface area contributed by atoms with Gasteiger partial charge < -0.3 is 0 Å². The number of thiophene rings is 1. The largest absolute Gasteiger partial charge is 0.217 e. The molecule has 0 saturated heterocycles. The number of imidazole rings is 1. The van der Waals surface area contributed by atoms with Gasteiger partial charge in [-0.2, -0.15) is 5.10 Å². The summed E-state index contributed by atoms with van der Waals surface area (Å²) < 4.78 is 2.99. The number of nitrogens with zero attached hydrogens (tertiary/aromatic N) is 3. The van der Waals surface area contributed by atoms with Gasteiger partial charge in [0, 0.05) is 0 Å². The summed E-state index contributed by atoms with van der Waals surface area (Å²) in [6, 6.07) is 4.11. The maximum absolute atomic E-state index is 4.57. The van der Waals surface area contributed by atoms with E-state index in [9.17, 15) is 0 Å². The Balaban J connectivity index is 2.09. The number of aromatic nitrogens is 3. The molecule has 82 valence electrons. The van der Waals surface area contributed by atoms with Crippen LogP contribution in [0.3, 0.4) is 0 Å². The number of aryl methyl sites for hydroxylation is 1. The molecule has 3 aromatic rings. The van der Waals surface area contributed by atoms with Crippen LogP contribution in [-0.2, 0) is 6.42 Å². The van der Waals surface area contributed by atoms with E-state index in [0.717, 1.165) is 25.9 Å². The van der Waals surface area contributed by atoms with Crippen LogP contribution in [0.25, 0.3) is 15.5 Å². The summed E-state index contributed by atoms with van der Waals surface area (Å²) in [5.41, 5.74) is 0.997. The Morgan fingerprint density at radius 1 is 1.38 bits per heavy atom. The second-order valence-electron chi connectivity index (χ2n) is 3.31. The van der Waals surface area contributed by atoms with Crippen molar-refractivity contribution >= 4 is 43.6 Å². The monoisotopic (exact) mass is 313 g/mol. The summed E-state index contributed by atoms with van der Waals surface area (Å²) in [7, 11) is 0. The van der Waals surface area contributed by atoms with Crippen molar-refractivity contribution in [3.8, 4) is 10.6 Å². The Bertz CT molecular complexity index is 606. The molecule has 3 heterocycles. The van der Waals surface area contributed by atoms with E-state index < -0.39 is 0 Å². The molecule has 0 aliphatic rings. The number of fused-ring (bicyclic) bond motifs is 1. The lowest BCUT2D eigenvalue weighted by molar-refractivity contribution is 0.911. The highest BCUT2D eigenvalue weighted by atomic mass is 79.9. The lowest BCUT2D eigenvalue weighted by atomic mass is 10.4. The standard InChI is InChI=1S/C10H8BrN3S2/c1-2-9-13-14-5-6(12-10(14)16-9)7-3-4-8(11)15-7/h3-5H,2H2,1H3. The molecule has 0 radical (unpaired) electrons. The van der Waals surface area contributed by atoms with Crippen LogP contribution in [0.15, 0.2) is 22.1 Å². The predicted molar refractivity (Wildman–Crippen MR) is 71.3 cm³/mol. The number of hydrogen-bond acceptors (Lipinski definition) is 4. The van der Waals surface area contributed by atoms with E-state index >= 15 is 0 Å². The van der Waals surface area contributed by atoms with Crippen LogP contribution in [0, 0.1) is 0 Å². The van der Waals surface area contributed by atoms with Crippen LogP contribution in [0.4, 0.5) is 0 Å². The molecule has 0 aliphatic carbocycles. The minimum atomic E-state index is 0.966. The van der Waals surface area contributed by atoms with Gasteiger partial charge in [0.05, 0.1) is 14.9 Å². The molecule has 16 heavy (non-hydrogen) atoms. The number of hydrogen-bond donors (Lipinski definition) is 0. The second kappa shape index (κ2) is 3.94. The highest BCUT2D eigenvalue weighted by molar-refractivity contribution is 9.11. The fourth-order valence-corrected chi connectivity index (χ4v) is 3.61. The number of rotatable bonds is 2. The summed E-state index contributed by atoms with van der Waals surface area (Å²) in [5.74, 6) is 0. The SMILES string of the molecule is CCc1nn2cc(-c3ccc(Br)s3)nc2s1. The zero-order valence-electron chi connectivity index (χ0n) is 8.48. The molecule has 0 aromatic carbocycles. The molecule has 0 spiro atoms. The lowest BCUT2D eigenvalue weighted by Crippen LogP contribution is -1.82. The van der Waals surface area contributed by atoms with Crippen LogP contribution in [0.1, 0.15) is 11.9 Å². The Hall–Kier alpha value is -0.720. The van der Waals surface area contributed by atoms with E-state index in [0.29, 0.717) is 0 Å². The minimum Gasteiger partial charge on any atom is -0.217 e. The first-order chi connectivity index (χ1) is 7.76. The van der Waals surface area contributed by atoms with Crippen molar-refractivity contribution in [2.75, 3.05) is 0 Å². The second-order valence-corrected chi connectivity index (χ2v) is 6.81. The summed E-state index contributed by atoms with van der Waals surface area (Å²) in [6.45, 7) is 2.11. The Morgan fingerprint density at radius 2 is 2.25 bits per heavy atom. The first kappa shape index (κ1) is 10.4. The highest BCUT2D eigenvalue weighted by Gasteiger charge is 2.10. The molecule has 0 aliphatic heterocycles. The first-order valence-electron chi connectivity index (χ1n) is 4.87. The van der Waals surface area contributed by atoms with E-state index in [4.69, 9.17) is 0 Å². The zero-order valence-corrected chi connectivity index (χ0v) is 11.7. The molecular weight excluding hydrogens is 306 g/mol. The highest BCUT2D eigenvalue weighted by Crippen LogP contribution is 2.31. The normalized spacial score (nSPS) is 11.4. The number of halogens is 1. The smallest absolute Gasteiger partial charge is 0.212 e. The molecule has 0 fully saturated rings. The quantitative estimate of drug-likeness (QED) is 0.719. The van der Waals surface area contributed by atoms with Crippen molar-refractivity contribution in [2.24, 2.45) is 0 Å². The maximum Gasteiger partial charge on any atom is 0.212 e. The van der Waals surface area contributed by atoms with Gasteiger partial charge in [0.2, 0.25) is 4.96 Å². The first-order valence-corrected chi connectivity index (χ1v) is 7.29. The Kier molecular flexibility index (Phi) is 2.57. The van der Waals surface area contributed by atoms with E-state index in [1.54, 1.807) is 22.7 Å². The third kappa shape index (κ3) is 1.70. The fourth-order valence-electron chi connectivity index (χ4n) is 1.45. The van der Waals surface area contributed by atoms with Crippen molar-refractivity contribution in [3.05, 3.63) is 27.1 Å². The molecule has 3 aromatic heterocycles. The maximum atomic E-state index is 4.57. The van der Waals surface area contributed by atoms with Crippen molar-refractivity contribution in [3.63, 3.8) is 0 Å². The minimum absolute atomic E-state index is 0.966. The molecule has 0 saturated carbocycles. The van der Waals surface area contributed by atoms with Crippen LogP contribution >= 0.6 is 38.6 Å². The molecule has 0 amide bonds. The van der Waals surface area contributed by atoms with E-state index in [1.165, 1.54) is 4.88 Å². The molecule has 0 atom stereocenters. The Labute approximate surface area is 109 Å². The summed E-state index contributed by atoms with van der Waals surface area (Å²) in [4.78, 5) is 6.71. The molecule has 0 N–H and O–H groups in total. The van der Waals surface area contributed by atoms with Gasteiger partial charge in [-0.15, -0.1) is 11.3 Å². The van der Waals surface area contributed by atoms with Crippen molar-refractivity contribution < 1.29 is 0 Å². The van der Waals surface area contributed by atoms with Crippen molar-refractivity contribution in [1.82, 2.24) is 14.6 Å². The van der Waals surface area contributed by atoms with Gasteiger partial charge in [0.25, 0.3) is 0 Å².